The lowest BCUT2D eigenvalue weighted by Gasteiger charge is -1.99. The number of allylic oxidation sites excluding steroid dienone is 1. The van der Waals surface area contributed by atoms with Crippen LogP contribution in [0.1, 0.15) is 18.9 Å². The van der Waals surface area contributed by atoms with E-state index in [-0.39, 0.29) is 0 Å². The zero-order chi connectivity index (χ0) is 11.4. The molecule has 0 amide bonds. The van der Waals surface area contributed by atoms with Gasteiger partial charge >= 0.3 is 0 Å². The summed E-state index contributed by atoms with van der Waals surface area (Å²) in [6, 6.07) is 10.3. The summed E-state index contributed by atoms with van der Waals surface area (Å²) in [6.07, 6.45) is 6.32. The molecule has 0 unspecified atom stereocenters. The zero-order valence-corrected chi connectivity index (χ0v) is 9.14. The van der Waals surface area contributed by atoms with Gasteiger partial charge in [-0.1, -0.05) is 19.1 Å². The highest BCUT2D eigenvalue weighted by molar-refractivity contribution is 5.84. The quantitative estimate of drug-likeness (QED) is 0.707. The van der Waals surface area contributed by atoms with E-state index in [1.165, 1.54) is 0 Å². The summed E-state index contributed by atoms with van der Waals surface area (Å²) in [5, 5.41) is 11.1. The minimum atomic E-state index is 0.769. The van der Waals surface area contributed by atoms with E-state index in [1.807, 2.05) is 37.4 Å². The van der Waals surface area contributed by atoms with Gasteiger partial charge in [0.05, 0.1) is 6.07 Å². The lowest BCUT2D eigenvalue weighted by atomic mass is 10.1. The molecule has 16 heavy (non-hydrogen) atoms. The van der Waals surface area contributed by atoms with E-state index >= 15 is 0 Å². The number of nitriles is 1. The first-order chi connectivity index (χ1) is 7.83. The molecule has 78 valence electrons. The van der Waals surface area contributed by atoms with Crippen LogP contribution < -0.4 is 0 Å². The Balaban J connectivity index is 2.48. The maximum atomic E-state index is 8.87. The second-order valence-corrected chi connectivity index (χ2v) is 3.62. The molecule has 0 fully saturated rings. The number of hydrogen-bond donors (Lipinski definition) is 0. The number of benzene rings is 1. The molecule has 1 aromatic heterocycles. The number of fused-ring (bicyclic) bond motifs is 1. The molecular weight excluding hydrogens is 196 g/mol. The van der Waals surface area contributed by atoms with Gasteiger partial charge in [-0.15, -0.1) is 0 Å². The molecule has 0 aliphatic heterocycles. The normalized spacial score (nSPS) is 11.4. The van der Waals surface area contributed by atoms with Gasteiger partial charge in [-0.2, -0.15) is 5.26 Å². The Morgan fingerprint density at radius 1 is 1.38 bits per heavy atom. The van der Waals surface area contributed by atoms with Crippen LogP contribution in [0.15, 0.2) is 42.2 Å². The molecule has 0 saturated heterocycles. The minimum absolute atomic E-state index is 0.769. The van der Waals surface area contributed by atoms with Crippen molar-refractivity contribution in [2.45, 2.75) is 13.3 Å². The maximum absolute atomic E-state index is 8.87. The topological polar surface area (TPSA) is 36.7 Å². The number of rotatable bonds is 2. The molecule has 0 N–H and O–H groups in total. The van der Waals surface area contributed by atoms with Crippen molar-refractivity contribution in [3.8, 4) is 6.07 Å². The van der Waals surface area contributed by atoms with Gasteiger partial charge < -0.3 is 0 Å². The van der Waals surface area contributed by atoms with E-state index in [2.05, 4.69) is 17.1 Å². The highest BCUT2D eigenvalue weighted by atomic mass is 14.6. The summed E-state index contributed by atoms with van der Waals surface area (Å²) in [7, 11) is 0. The molecule has 2 nitrogen and oxygen atoms in total. The number of aromatic nitrogens is 1. The van der Waals surface area contributed by atoms with Crippen molar-refractivity contribution in [2.75, 3.05) is 0 Å². The summed E-state index contributed by atoms with van der Waals surface area (Å²) in [5.74, 6) is 0. The monoisotopic (exact) mass is 208 g/mol. The molecule has 0 aliphatic rings. The van der Waals surface area contributed by atoms with Gasteiger partial charge in [0.15, 0.2) is 0 Å². The Morgan fingerprint density at radius 3 is 3.00 bits per heavy atom. The van der Waals surface area contributed by atoms with Crippen LogP contribution in [-0.2, 0) is 0 Å². The minimum Gasteiger partial charge on any atom is -0.264 e. The predicted molar refractivity (Wildman–Crippen MR) is 65.6 cm³/mol. The van der Waals surface area contributed by atoms with Gasteiger partial charge in [0, 0.05) is 23.4 Å². The summed E-state index contributed by atoms with van der Waals surface area (Å²) in [5.41, 5.74) is 1.87. The molecule has 0 saturated carbocycles. The van der Waals surface area contributed by atoms with E-state index < -0.39 is 0 Å². The average molecular weight is 208 g/mol. The first-order valence-corrected chi connectivity index (χ1v) is 5.28. The van der Waals surface area contributed by atoms with Crippen LogP contribution in [-0.4, -0.2) is 4.98 Å². The Morgan fingerprint density at radius 2 is 2.25 bits per heavy atom. The maximum Gasteiger partial charge on any atom is 0.0947 e. The van der Waals surface area contributed by atoms with E-state index in [0.29, 0.717) is 0 Å². The molecule has 2 aromatic rings. The van der Waals surface area contributed by atoms with Crippen molar-refractivity contribution in [3.05, 3.63) is 47.8 Å². The Hall–Kier alpha value is -2.14. The molecule has 0 radical (unpaired) electrons. The third-order valence-corrected chi connectivity index (χ3v) is 2.53. The van der Waals surface area contributed by atoms with Crippen LogP contribution in [0, 0.1) is 11.3 Å². The zero-order valence-electron chi connectivity index (χ0n) is 9.14. The molecule has 2 rings (SSSR count). The van der Waals surface area contributed by atoms with Crippen molar-refractivity contribution in [1.29, 1.82) is 5.26 Å². The van der Waals surface area contributed by atoms with Crippen molar-refractivity contribution in [2.24, 2.45) is 0 Å². The van der Waals surface area contributed by atoms with Crippen LogP contribution in [0.25, 0.3) is 16.8 Å². The fraction of sp³-hybridized carbons (Fsp3) is 0.143. The first kappa shape index (κ1) is 10.4. The molecule has 2 heteroatoms. The van der Waals surface area contributed by atoms with Gasteiger partial charge in [-0.25, -0.2) is 0 Å². The molecule has 0 bridgehead atoms. The summed E-state index contributed by atoms with van der Waals surface area (Å²) in [4.78, 5) is 4.07. The Labute approximate surface area is 94.9 Å². The first-order valence-electron chi connectivity index (χ1n) is 5.28. The summed E-state index contributed by atoms with van der Waals surface area (Å²) >= 11 is 0. The van der Waals surface area contributed by atoms with Gasteiger partial charge in [0.1, 0.15) is 0 Å². The highest BCUT2D eigenvalue weighted by Crippen LogP contribution is 2.17. The molecule has 0 aliphatic carbocycles. The van der Waals surface area contributed by atoms with Gasteiger partial charge in [-0.3, -0.25) is 4.98 Å². The van der Waals surface area contributed by atoms with Crippen LogP contribution in [0.3, 0.4) is 0 Å². The second-order valence-electron chi connectivity index (χ2n) is 3.62. The lowest BCUT2D eigenvalue weighted by Crippen LogP contribution is -1.80. The van der Waals surface area contributed by atoms with Crippen LogP contribution >= 0.6 is 0 Å². The molecular formula is C14H12N2. The molecule has 0 spiro atoms. The van der Waals surface area contributed by atoms with E-state index in [0.717, 1.165) is 28.3 Å². The second kappa shape index (κ2) is 4.59. The SMILES string of the molecule is CCC(C#N)=Cc1ccc2cnccc2c1. The predicted octanol–water partition coefficient (Wildman–Crippen LogP) is 3.55. The Bertz CT molecular complexity index is 577. The molecule has 1 heterocycles. The van der Waals surface area contributed by atoms with Crippen LogP contribution in [0.5, 0.6) is 0 Å². The lowest BCUT2D eigenvalue weighted by molar-refractivity contribution is 1.16. The van der Waals surface area contributed by atoms with Gasteiger partial charge in [0.25, 0.3) is 0 Å². The summed E-state index contributed by atoms with van der Waals surface area (Å²) < 4.78 is 0. The summed E-state index contributed by atoms with van der Waals surface area (Å²) in [6.45, 7) is 1.99. The third-order valence-electron chi connectivity index (χ3n) is 2.53. The Kier molecular flexibility index (Phi) is 2.98. The van der Waals surface area contributed by atoms with Gasteiger partial charge in [0.2, 0.25) is 0 Å². The van der Waals surface area contributed by atoms with Crippen molar-refractivity contribution in [1.82, 2.24) is 4.98 Å². The van der Waals surface area contributed by atoms with Crippen molar-refractivity contribution >= 4 is 16.8 Å². The number of hydrogen-bond acceptors (Lipinski definition) is 2. The number of pyridine rings is 1. The average Bonchev–Trinajstić information content (AvgIpc) is 2.35. The molecule has 0 atom stereocenters. The smallest absolute Gasteiger partial charge is 0.0947 e. The van der Waals surface area contributed by atoms with Crippen LogP contribution in [0.4, 0.5) is 0 Å². The standard InChI is InChI=1S/C14H12N2/c1-2-11(9-15)7-12-3-4-14-10-16-6-5-13(14)8-12/h3-8,10H,2H2,1H3. The highest BCUT2D eigenvalue weighted by Gasteiger charge is 1.96. The van der Waals surface area contributed by atoms with E-state index in [9.17, 15) is 0 Å². The molecule has 1 aromatic carbocycles. The van der Waals surface area contributed by atoms with E-state index in [4.69, 9.17) is 5.26 Å². The van der Waals surface area contributed by atoms with Crippen LogP contribution in [0.2, 0.25) is 0 Å². The third kappa shape index (κ3) is 2.09. The fourth-order valence-electron chi connectivity index (χ4n) is 1.61. The fourth-order valence-corrected chi connectivity index (χ4v) is 1.61. The van der Waals surface area contributed by atoms with Crippen molar-refractivity contribution in [3.63, 3.8) is 0 Å². The van der Waals surface area contributed by atoms with Crippen molar-refractivity contribution < 1.29 is 0 Å². The number of nitrogens with zero attached hydrogens (tertiary/aromatic N) is 2. The van der Waals surface area contributed by atoms with E-state index in [1.54, 1.807) is 6.20 Å². The largest absolute Gasteiger partial charge is 0.264 e. The van der Waals surface area contributed by atoms with Gasteiger partial charge in [-0.05, 0) is 35.6 Å².